The van der Waals surface area contributed by atoms with Crippen LogP contribution in [0.2, 0.25) is 0 Å². The number of carboxylic acids is 2. The van der Waals surface area contributed by atoms with Crippen molar-refractivity contribution in [1.82, 2.24) is 4.98 Å². The van der Waals surface area contributed by atoms with Crippen molar-refractivity contribution in [1.29, 1.82) is 0 Å². The number of pyridine rings is 1. The molecule has 3 aromatic carbocycles. The van der Waals surface area contributed by atoms with Gasteiger partial charge in [0.1, 0.15) is 35.1 Å². The van der Waals surface area contributed by atoms with E-state index in [0.717, 1.165) is 10.8 Å². The number of nitrogens with two attached hydrogens (primary N) is 1. The second kappa shape index (κ2) is 8.99. The Bertz CT molecular complexity index is 1490. The first-order valence-electron chi connectivity index (χ1n) is 10.1. The van der Waals surface area contributed by atoms with Crippen molar-refractivity contribution >= 4 is 28.5 Å². The van der Waals surface area contributed by atoms with Crippen LogP contribution in [-0.4, -0.2) is 34.2 Å². The number of anilines is 1. The number of hydrogen-bond donors (Lipinski definition) is 4. The van der Waals surface area contributed by atoms with Crippen molar-refractivity contribution in [2.45, 2.75) is 6.61 Å². The third-order valence-corrected chi connectivity index (χ3v) is 5.36. The van der Waals surface area contributed by atoms with E-state index in [0.29, 0.717) is 17.1 Å². The highest BCUT2D eigenvalue weighted by molar-refractivity contribution is 6.07. The Balaban J connectivity index is 1.79. The third-order valence-electron chi connectivity index (χ3n) is 5.36. The summed E-state index contributed by atoms with van der Waals surface area (Å²) in [4.78, 5) is 38.1. The summed E-state index contributed by atoms with van der Waals surface area (Å²) in [5.41, 5.74) is 3.88. The number of aromatic carboxylic acids is 2. The molecule has 4 aromatic rings. The number of aromatic nitrogens is 1. The first-order chi connectivity index (χ1) is 16.3. The van der Waals surface area contributed by atoms with Gasteiger partial charge in [0.15, 0.2) is 0 Å². The minimum Gasteiger partial charge on any atom is -0.496 e. The lowest BCUT2D eigenvalue weighted by atomic mass is 9.94. The van der Waals surface area contributed by atoms with Crippen molar-refractivity contribution in [3.05, 3.63) is 87.7 Å². The number of carboxylic acid groups (broad SMARTS) is 2. The average Bonchev–Trinajstić information content (AvgIpc) is 2.81. The number of fused-ring (bicyclic) bond motifs is 1. The molecule has 0 aliphatic rings. The quantitative estimate of drug-likeness (QED) is 0.325. The highest BCUT2D eigenvalue weighted by Crippen LogP contribution is 2.33. The molecule has 5 N–H and O–H groups in total. The van der Waals surface area contributed by atoms with Crippen LogP contribution < -0.4 is 20.8 Å². The molecule has 0 amide bonds. The first-order valence-corrected chi connectivity index (χ1v) is 10.1. The number of benzene rings is 3. The van der Waals surface area contributed by atoms with Gasteiger partial charge in [0.2, 0.25) is 0 Å². The van der Waals surface area contributed by atoms with E-state index in [1.165, 1.54) is 19.2 Å². The van der Waals surface area contributed by atoms with Gasteiger partial charge in [-0.2, -0.15) is 0 Å². The zero-order chi connectivity index (χ0) is 24.4. The molecule has 0 saturated carbocycles. The summed E-state index contributed by atoms with van der Waals surface area (Å²) in [5.74, 6) is -2.46. The first kappa shape index (κ1) is 22.4. The zero-order valence-electron chi connectivity index (χ0n) is 18.0. The van der Waals surface area contributed by atoms with Gasteiger partial charge in [-0.05, 0) is 40.6 Å². The van der Waals surface area contributed by atoms with Crippen LogP contribution in [0.5, 0.6) is 11.5 Å². The number of hydrogen-bond acceptors (Lipinski definition) is 6. The smallest absolute Gasteiger partial charge is 0.342 e. The number of nitrogens with one attached hydrogen (secondary N) is 1. The van der Waals surface area contributed by atoms with Crippen molar-refractivity contribution in [3.8, 4) is 22.6 Å². The predicted octanol–water partition coefficient (Wildman–Crippen LogP) is 3.76. The molecule has 0 fully saturated rings. The molecule has 1 aromatic heterocycles. The highest BCUT2D eigenvalue weighted by Gasteiger charge is 2.27. The number of aromatic amines is 1. The van der Waals surface area contributed by atoms with Crippen molar-refractivity contribution in [2.75, 3.05) is 12.8 Å². The SMILES string of the molecule is COc1ccc(-c2c(C(=O)O)c(N)[nH]c(=O)c2C(=O)O)cc1COc1ccc2ccccc2c1. The number of H-pyrrole nitrogens is 1. The van der Waals surface area contributed by atoms with E-state index in [2.05, 4.69) is 4.98 Å². The number of rotatable bonds is 7. The van der Waals surface area contributed by atoms with Crippen LogP contribution in [0.15, 0.2) is 65.5 Å². The Morgan fingerprint density at radius 1 is 0.941 bits per heavy atom. The van der Waals surface area contributed by atoms with Crippen LogP contribution >= 0.6 is 0 Å². The van der Waals surface area contributed by atoms with E-state index in [1.54, 1.807) is 6.07 Å². The van der Waals surface area contributed by atoms with Crippen molar-refractivity contribution in [2.24, 2.45) is 0 Å². The number of carbonyl (C=O) groups is 2. The summed E-state index contributed by atoms with van der Waals surface area (Å²) in [7, 11) is 1.46. The molecule has 34 heavy (non-hydrogen) atoms. The zero-order valence-corrected chi connectivity index (χ0v) is 18.0. The van der Waals surface area contributed by atoms with Crippen molar-refractivity contribution < 1.29 is 29.3 Å². The highest BCUT2D eigenvalue weighted by atomic mass is 16.5. The lowest BCUT2D eigenvalue weighted by Crippen LogP contribution is -2.24. The molecule has 9 nitrogen and oxygen atoms in total. The van der Waals surface area contributed by atoms with Gasteiger partial charge in [0, 0.05) is 11.1 Å². The topological polar surface area (TPSA) is 152 Å². The number of ether oxygens (including phenoxy) is 2. The van der Waals surface area contributed by atoms with Crippen LogP contribution in [0.4, 0.5) is 5.82 Å². The molecule has 0 aliphatic carbocycles. The maximum absolute atomic E-state index is 12.3. The standard InChI is InChI=1S/C25H20N2O7/c1-33-18-9-7-15(19-20(24(29)30)22(26)27-23(28)21(19)25(31)32)10-16(18)12-34-17-8-6-13-4-2-3-5-14(13)11-17/h2-11H,12H2,1H3,(H,29,30)(H,31,32)(H3,26,27,28). The lowest BCUT2D eigenvalue weighted by Gasteiger charge is -2.15. The second-order valence-electron chi connectivity index (χ2n) is 7.43. The Kier molecular flexibility index (Phi) is 5.92. The molecule has 172 valence electrons. The fourth-order valence-corrected chi connectivity index (χ4v) is 3.80. The normalized spacial score (nSPS) is 10.7. The average molecular weight is 460 g/mol. The maximum Gasteiger partial charge on any atom is 0.342 e. The van der Waals surface area contributed by atoms with Gasteiger partial charge >= 0.3 is 11.9 Å². The van der Waals surface area contributed by atoms with E-state index >= 15 is 0 Å². The molecule has 0 atom stereocenters. The van der Waals surface area contributed by atoms with Gasteiger partial charge < -0.3 is 30.4 Å². The molecule has 0 bridgehead atoms. The molecular formula is C25H20N2O7. The van der Waals surface area contributed by atoms with Crippen LogP contribution in [0.3, 0.4) is 0 Å². The van der Waals surface area contributed by atoms with Gasteiger partial charge in [-0.1, -0.05) is 36.4 Å². The molecule has 4 rings (SSSR count). The summed E-state index contributed by atoms with van der Waals surface area (Å²) < 4.78 is 11.3. The summed E-state index contributed by atoms with van der Waals surface area (Å²) in [6, 6.07) is 18.0. The molecule has 0 aliphatic heterocycles. The Labute approximate surface area is 193 Å². The Morgan fingerprint density at radius 3 is 2.32 bits per heavy atom. The van der Waals surface area contributed by atoms with Gasteiger partial charge in [-0.3, -0.25) is 4.79 Å². The molecule has 0 saturated heterocycles. The molecule has 1 heterocycles. The van der Waals surface area contributed by atoms with E-state index in [4.69, 9.17) is 15.2 Å². The summed E-state index contributed by atoms with van der Waals surface area (Å²) >= 11 is 0. The van der Waals surface area contributed by atoms with E-state index in [1.807, 2.05) is 42.5 Å². The van der Waals surface area contributed by atoms with Crippen LogP contribution in [0.25, 0.3) is 21.9 Å². The van der Waals surface area contributed by atoms with Gasteiger partial charge in [-0.15, -0.1) is 0 Å². The van der Waals surface area contributed by atoms with Crippen LogP contribution in [0, 0.1) is 0 Å². The van der Waals surface area contributed by atoms with Gasteiger partial charge in [0.25, 0.3) is 5.56 Å². The number of nitrogen functional groups attached to an aromatic ring is 1. The predicted molar refractivity (Wildman–Crippen MR) is 126 cm³/mol. The second-order valence-corrected chi connectivity index (χ2v) is 7.43. The lowest BCUT2D eigenvalue weighted by molar-refractivity contribution is 0.0695. The molecular weight excluding hydrogens is 440 g/mol. The van der Waals surface area contributed by atoms with Gasteiger partial charge in [0.05, 0.1) is 7.11 Å². The van der Waals surface area contributed by atoms with E-state index < -0.39 is 34.4 Å². The Hall–Kier alpha value is -4.79. The minimum atomic E-state index is -1.58. The van der Waals surface area contributed by atoms with E-state index in [-0.39, 0.29) is 17.7 Å². The van der Waals surface area contributed by atoms with E-state index in [9.17, 15) is 24.6 Å². The largest absolute Gasteiger partial charge is 0.496 e. The van der Waals surface area contributed by atoms with Crippen molar-refractivity contribution in [3.63, 3.8) is 0 Å². The fourth-order valence-electron chi connectivity index (χ4n) is 3.80. The number of methoxy groups -OCH3 is 1. The fraction of sp³-hybridized carbons (Fsp3) is 0.0800. The molecule has 9 heteroatoms. The van der Waals surface area contributed by atoms with Crippen LogP contribution in [-0.2, 0) is 6.61 Å². The Morgan fingerprint density at radius 2 is 1.65 bits per heavy atom. The minimum absolute atomic E-state index is 0.0405. The third kappa shape index (κ3) is 4.14. The summed E-state index contributed by atoms with van der Waals surface area (Å²) in [6.07, 6.45) is 0. The van der Waals surface area contributed by atoms with Crippen LogP contribution in [0.1, 0.15) is 26.3 Å². The molecule has 0 radical (unpaired) electrons. The summed E-state index contributed by atoms with van der Waals surface area (Å²) in [6.45, 7) is 0.0405. The maximum atomic E-state index is 12.3. The van der Waals surface area contributed by atoms with Gasteiger partial charge in [-0.25, -0.2) is 9.59 Å². The molecule has 0 spiro atoms. The molecule has 0 unspecified atom stereocenters. The summed E-state index contributed by atoms with van der Waals surface area (Å²) in [5, 5.41) is 21.3. The monoisotopic (exact) mass is 460 g/mol.